The van der Waals surface area contributed by atoms with Gasteiger partial charge in [-0.25, -0.2) is 4.39 Å². The van der Waals surface area contributed by atoms with Gasteiger partial charge in [0.25, 0.3) is 0 Å². The van der Waals surface area contributed by atoms with E-state index < -0.39 is 0 Å². The number of rotatable bonds is 3. The van der Waals surface area contributed by atoms with E-state index in [4.69, 9.17) is 12.2 Å². The van der Waals surface area contributed by atoms with Gasteiger partial charge in [-0.05, 0) is 25.1 Å². The van der Waals surface area contributed by atoms with E-state index in [0.29, 0.717) is 17.2 Å². The van der Waals surface area contributed by atoms with Crippen LogP contribution in [0.25, 0.3) is 0 Å². The largest absolute Gasteiger partial charge is 0.301 e. The molecule has 0 amide bonds. The molecule has 0 atom stereocenters. The van der Waals surface area contributed by atoms with Gasteiger partial charge in [-0.1, -0.05) is 0 Å². The van der Waals surface area contributed by atoms with Gasteiger partial charge in [-0.3, -0.25) is 5.10 Å². The Kier molecular flexibility index (Phi) is 1.96. The molecule has 0 aromatic carbocycles. The van der Waals surface area contributed by atoms with Crippen LogP contribution in [0.4, 0.5) is 4.39 Å². The van der Waals surface area contributed by atoms with Crippen molar-refractivity contribution in [3.05, 3.63) is 10.6 Å². The summed E-state index contributed by atoms with van der Waals surface area (Å²) in [6.45, 7) is -0.0469. The minimum Gasteiger partial charge on any atom is -0.301 e. The third-order valence-electron chi connectivity index (χ3n) is 2.04. The Balaban J connectivity index is 2.33. The summed E-state index contributed by atoms with van der Waals surface area (Å²) in [5, 5.41) is 6.77. The number of aromatic nitrogens is 3. The van der Waals surface area contributed by atoms with Crippen molar-refractivity contribution in [2.45, 2.75) is 25.3 Å². The number of aromatic amines is 1. The number of H-pyrrole nitrogens is 1. The van der Waals surface area contributed by atoms with Gasteiger partial charge in [0.15, 0.2) is 4.77 Å². The van der Waals surface area contributed by atoms with Crippen molar-refractivity contribution in [1.82, 2.24) is 14.8 Å². The fourth-order valence-corrected chi connectivity index (χ4v) is 1.51. The van der Waals surface area contributed by atoms with E-state index in [-0.39, 0.29) is 6.67 Å². The van der Waals surface area contributed by atoms with Crippen molar-refractivity contribution in [2.75, 3.05) is 6.67 Å². The molecule has 0 unspecified atom stereocenters. The quantitative estimate of drug-likeness (QED) is 0.732. The number of hydrogen-bond acceptors (Lipinski definition) is 2. The zero-order chi connectivity index (χ0) is 8.55. The molecule has 1 heterocycles. The normalized spacial score (nSPS) is 16.8. The zero-order valence-corrected chi connectivity index (χ0v) is 7.40. The predicted molar refractivity (Wildman–Crippen MR) is 45.4 cm³/mol. The summed E-state index contributed by atoms with van der Waals surface area (Å²) in [6.07, 6.45) is 2.32. The monoisotopic (exact) mass is 187 g/mol. The van der Waals surface area contributed by atoms with Gasteiger partial charge in [0.2, 0.25) is 0 Å². The lowest BCUT2D eigenvalue weighted by molar-refractivity contribution is 0.437. The molecule has 5 heteroatoms. The molecule has 2 rings (SSSR count). The second kappa shape index (κ2) is 2.97. The molecule has 1 N–H and O–H groups in total. The first-order valence-corrected chi connectivity index (χ1v) is 4.45. The van der Waals surface area contributed by atoms with E-state index in [2.05, 4.69) is 10.2 Å². The van der Waals surface area contributed by atoms with Crippen LogP contribution in [0.2, 0.25) is 0 Å². The van der Waals surface area contributed by atoms with Crippen LogP contribution in [0.3, 0.4) is 0 Å². The molecule has 1 aliphatic rings. The van der Waals surface area contributed by atoms with Crippen LogP contribution in [0.5, 0.6) is 0 Å². The summed E-state index contributed by atoms with van der Waals surface area (Å²) in [5.74, 6) is 1.45. The molecule has 0 bridgehead atoms. The summed E-state index contributed by atoms with van der Waals surface area (Å²) in [5.41, 5.74) is 0. The summed E-state index contributed by atoms with van der Waals surface area (Å²) < 4.78 is 14.4. The SMILES string of the molecule is FCCn1c(C2CC2)n[nH]c1=S. The standard InChI is InChI=1S/C7H10FN3S/c8-3-4-11-6(5-1-2-5)9-10-7(11)12/h5H,1-4H2,(H,10,12). The average molecular weight is 187 g/mol. The summed E-state index contributed by atoms with van der Waals surface area (Å²) in [7, 11) is 0. The summed E-state index contributed by atoms with van der Waals surface area (Å²) in [6, 6.07) is 0. The lowest BCUT2D eigenvalue weighted by atomic mass is 10.4. The number of hydrogen-bond donors (Lipinski definition) is 1. The molecule has 1 aliphatic carbocycles. The van der Waals surface area contributed by atoms with Crippen molar-refractivity contribution in [1.29, 1.82) is 0 Å². The first-order valence-electron chi connectivity index (χ1n) is 4.04. The van der Waals surface area contributed by atoms with Gasteiger partial charge in [0.1, 0.15) is 12.5 Å². The number of alkyl halides is 1. The smallest absolute Gasteiger partial charge is 0.195 e. The van der Waals surface area contributed by atoms with Gasteiger partial charge in [0, 0.05) is 5.92 Å². The van der Waals surface area contributed by atoms with Crippen LogP contribution < -0.4 is 0 Å². The van der Waals surface area contributed by atoms with Crippen molar-refractivity contribution in [3.63, 3.8) is 0 Å². The summed E-state index contributed by atoms with van der Waals surface area (Å²) >= 11 is 4.96. The highest BCUT2D eigenvalue weighted by molar-refractivity contribution is 7.71. The summed E-state index contributed by atoms with van der Waals surface area (Å²) in [4.78, 5) is 0. The lowest BCUT2D eigenvalue weighted by Gasteiger charge is -2.00. The van der Waals surface area contributed by atoms with Crippen molar-refractivity contribution >= 4 is 12.2 Å². The second-order valence-corrected chi connectivity index (χ2v) is 3.39. The third kappa shape index (κ3) is 1.29. The molecule has 1 saturated carbocycles. The molecule has 1 fully saturated rings. The number of nitrogens with zero attached hydrogens (tertiary/aromatic N) is 2. The first kappa shape index (κ1) is 7.91. The molecular formula is C7H10FN3S. The maximum atomic E-state index is 12.1. The second-order valence-electron chi connectivity index (χ2n) is 3.00. The molecule has 0 spiro atoms. The minimum atomic E-state index is -0.381. The minimum absolute atomic E-state index is 0.334. The number of nitrogens with one attached hydrogen (secondary N) is 1. The maximum absolute atomic E-state index is 12.1. The molecule has 3 nitrogen and oxygen atoms in total. The van der Waals surface area contributed by atoms with Crippen molar-refractivity contribution in [2.24, 2.45) is 0 Å². The highest BCUT2D eigenvalue weighted by Crippen LogP contribution is 2.38. The van der Waals surface area contributed by atoms with E-state index in [0.717, 1.165) is 18.7 Å². The fraction of sp³-hybridized carbons (Fsp3) is 0.714. The predicted octanol–water partition coefficient (Wildman–Crippen LogP) is 1.79. The molecule has 0 aliphatic heterocycles. The van der Waals surface area contributed by atoms with E-state index in [9.17, 15) is 4.39 Å². The van der Waals surface area contributed by atoms with Gasteiger partial charge in [0.05, 0.1) is 6.54 Å². The molecule has 12 heavy (non-hydrogen) atoms. The van der Waals surface area contributed by atoms with Crippen LogP contribution in [-0.2, 0) is 6.54 Å². The Hall–Kier alpha value is -0.710. The van der Waals surface area contributed by atoms with E-state index in [1.807, 2.05) is 0 Å². The van der Waals surface area contributed by atoms with Crippen molar-refractivity contribution in [3.8, 4) is 0 Å². The Morgan fingerprint density at radius 3 is 3.00 bits per heavy atom. The van der Waals surface area contributed by atoms with Crippen LogP contribution in [-0.4, -0.2) is 21.4 Å². The van der Waals surface area contributed by atoms with E-state index in [1.54, 1.807) is 4.57 Å². The molecule has 0 saturated heterocycles. The Morgan fingerprint density at radius 1 is 1.67 bits per heavy atom. The Labute approximate surface area is 74.6 Å². The highest BCUT2D eigenvalue weighted by atomic mass is 32.1. The average Bonchev–Trinajstić information content (AvgIpc) is 2.82. The third-order valence-corrected chi connectivity index (χ3v) is 2.35. The lowest BCUT2D eigenvalue weighted by Crippen LogP contribution is -2.04. The van der Waals surface area contributed by atoms with Gasteiger partial charge in [-0.2, -0.15) is 5.10 Å². The van der Waals surface area contributed by atoms with Gasteiger partial charge < -0.3 is 4.57 Å². The molecule has 66 valence electrons. The highest BCUT2D eigenvalue weighted by Gasteiger charge is 2.28. The van der Waals surface area contributed by atoms with E-state index >= 15 is 0 Å². The first-order chi connectivity index (χ1) is 5.83. The van der Waals surface area contributed by atoms with Crippen LogP contribution in [0, 0.1) is 4.77 Å². The van der Waals surface area contributed by atoms with Crippen LogP contribution in [0.15, 0.2) is 0 Å². The fourth-order valence-electron chi connectivity index (χ4n) is 1.28. The Morgan fingerprint density at radius 2 is 2.42 bits per heavy atom. The molecule has 0 radical (unpaired) electrons. The van der Waals surface area contributed by atoms with Gasteiger partial charge in [-0.15, -0.1) is 0 Å². The van der Waals surface area contributed by atoms with Gasteiger partial charge >= 0.3 is 0 Å². The molecule has 1 aromatic heterocycles. The zero-order valence-electron chi connectivity index (χ0n) is 6.59. The van der Waals surface area contributed by atoms with Crippen LogP contribution in [0.1, 0.15) is 24.6 Å². The van der Waals surface area contributed by atoms with Crippen molar-refractivity contribution < 1.29 is 4.39 Å². The molecular weight excluding hydrogens is 177 g/mol. The van der Waals surface area contributed by atoms with Crippen LogP contribution >= 0.6 is 12.2 Å². The maximum Gasteiger partial charge on any atom is 0.195 e. The topological polar surface area (TPSA) is 33.6 Å². The number of halogens is 1. The molecule has 1 aromatic rings. The Bertz CT molecular complexity index is 326. The van der Waals surface area contributed by atoms with E-state index in [1.165, 1.54) is 0 Å².